The Morgan fingerprint density at radius 1 is 1.03 bits per heavy atom. The monoisotopic (exact) mass is 689 g/mol. The first kappa shape index (κ1) is 27.5. The number of fused-ring (bicyclic) bond motifs is 4. The molecule has 6 rings (SSSR count). The first-order chi connectivity index (χ1) is 18.0. The van der Waals surface area contributed by atoms with E-state index in [1.54, 1.807) is 34.4 Å². The molecule has 0 bridgehead atoms. The Labute approximate surface area is 255 Å². The lowest BCUT2D eigenvalue weighted by Crippen LogP contribution is -3.00. The third-order valence-electron chi connectivity index (χ3n) is 6.64. The summed E-state index contributed by atoms with van der Waals surface area (Å²) in [4.78, 5) is 16.6. The number of nitrogens with zero attached hydrogens (tertiary/aromatic N) is 3. The van der Waals surface area contributed by atoms with Crippen LogP contribution in [-0.2, 0) is 13.1 Å². The molecule has 0 saturated carbocycles. The molecule has 1 aliphatic rings. The van der Waals surface area contributed by atoms with Gasteiger partial charge in [0.15, 0.2) is 0 Å². The number of halogens is 2. The van der Waals surface area contributed by atoms with E-state index >= 15 is 0 Å². The molecule has 3 aromatic carbocycles. The molecule has 0 aliphatic carbocycles. The molecule has 0 fully saturated rings. The van der Waals surface area contributed by atoms with Gasteiger partial charge in [0.25, 0.3) is 10.6 Å². The molecule has 4 nitrogen and oxygen atoms in total. The van der Waals surface area contributed by atoms with Crippen LogP contribution in [0.1, 0.15) is 18.9 Å². The van der Waals surface area contributed by atoms with Crippen LogP contribution in [0.2, 0.25) is 5.02 Å². The third kappa shape index (κ3) is 4.75. The van der Waals surface area contributed by atoms with Gasteiger partial charge in [-0.2, -0.15) is 4.57 Å². The maximum atomic E-state index is 13.3. The van der Waals surface area contributed by atoms with E-state index in [9.17, 15) is 4.79 Å². The lowest BCUT2D eigenvalue weighted by atomic mass is 10.1. The van der Waals surface area contributed by atoms with Gasteiger partial charge in [0.1, 0.15) is 15.9 Å². The number of allylic oxidation sites excluding steroid dienone is 1. The van der Waals surface area contributed by atoms with Gasteiger partial charge in [-0.25, -0.2) is 0 Å². The minimum Gasteiger partial charge on any atom is -1.00 e. The second-order valence-electron chi connectivity index (χ2n) is 8.76. The van der Waals surface area contributed by atoms with Crippen molar-refractivity contribution in [2.24, 2.45) is 0 Å². The maximum Gasteiger partial charge on any atom is 0.269 e. The third-order valence-corrected chi connectivity index (χ3v) is 10.3. The second-order valence-corrected chi connectivity index (χ2v) is 12.4. The van der Waals surface area contributed by atoms with Crippen LogP contribution in [0, 0.1) is 0 Å². The highest BCUT2D eigenvalue weighted by Gasteiger charge is 2.22. The van der Waals surface area contributed by atoms with Crippen molar-refractivity contribution in [1.29, 1.82) is 0 Å². The molecule has 1 aliphatic heterocycles. The van der Waals surface area contributed by atoms with Crippen molar-refractivity contribution in [2.75, 3.05) is 11.9 Å². The molecule has 194 valence electrons. The Hall–Kier alpha value is -2.11. The van der Waals surface area contributed by atoms with Crippen LogP contribution in [-0.4, -0.2) is 11.6 Å². The molecule has 9 heteroatoms. The smallest absolute Gasteiger partial charge is 0.269 e. The summed E-state index contributed by atoms with van der Waals surface area (Å²) in [6.07, 6.45) is 6.17. The summed E-state index contributed by atoms with van der Waals surface area (Å²) in [7, 11) is 2.03. The summed E-state index contributed by atoms with van der Waals surface area (Å²) >= 11 is 11.2. The summed E-state index contributed by atoms with van der Waals surface area (Å²) in [6.45, 7) is 5.70. The molecule has 38 heavy (non-hydrogen) atoms. The average molecular weight is 690 g/mol. The van der Waals surface area contributed by atoms with Gasteiger partial charge in [0, 0.05) is 35.0 Å². The zero-order chi connectivity index (χ0) is 25.7. The van der Waals surface area contributed by atoms with Crippen molar-refractivity contribution in [3.63, 3.8) is 0 Å². The molecule has 3 heterocycles. The second kappa shape index (κ2) is 11.2. The van der Waals surface area contributed by atoms with Gasteiger partial charge in [-0.1, -0.05) is 59.0 Å². The standard InChI is InChI=1S/C29H25ClN3OS3.HI/c1-4-32-21-12-10-18-8-6-7-9-20(18)28(21)37-26(32)17-27-33(5-2)29(34)24(36-27)14-15-25-31(3)22-16-19(30)11-13-23(22)35-25;/h6-17H,4-5H2,1-3H3;1H/q+1;/p-1. The van der Waals surface area contributed by atoms with Gasteiger partial charge >= 0.3 is 0 Å². The van der Waals surface area contributed by atoms with Gasteiger partial charge in [0.2, 0.25) is 5.52 Å². The van der Waals surface area contributed by atoms with Crippen molar-refractivity contribution < 1.29 is 28.5 Å². The van der Waals surface area contributed by atoms with Crippen molar-refractivity contribution in [1.82, 2.24) is 4.57 Å². The first-order valence-corrected chi connectivity index (χ1v) is 15.0. The number of rotatable bonds is 4. The van der Waals surface area contributed by atoms with Crippen LogP contribution >= 0.6 is 46.0 Å². The number of thioether (sulfide) groups is 1. The Bertz CT molecular complexity index is 1900. The minimum absolute atomic E-state index is 0. The van der Waals surface area contributed by atoms with Gasteiger partial charge in [-0.15, -0.1) is 11.3 Å². The van der Waals surface area contributed by atoms with Crippen molar-refractivity contribution in [3.05, 3.63) is 95.3 Å². The quantitative estimate of drug-likeness (QED) is 0.215. The number of aryl methyl sites for hydroxylation is 1. The van der Waals surface area contributed by atoms with Crippen LogP contribution in [0.5, 0.6) is 0 Å². The normalized spacial score (nSPS) is 15.2. The van der Waals surface area contributed by atoms with E-state index in [1.165, 1.54) is 25.9 Å². The summed E-state index contributed by atoms with van der Waals surface area (Å²) in [5, 5.41) is 5.46. The minimum atomic E-state index is 0. The van der Waals surface area contributed by atoms with E-state index in [0.717, 1.165) is 36.5 Å². The molecule has 0 spiro atoms. The van der Waals surface area contributed by atoms with E-state index in [2.05, 4.69) is 58.9 Å². The number of thiazole rings is 2. The van der Waals surface area contributed by atoms with E-state index in [1.807, 2.05) is 48.9 Å². The molecule has 2 aromatic heterocycles. The molecule has 0 saturated heterocycles. The summed E-state index contributed by atoms with van der Waals surface area (Å²) in [5.41, 5.74) is 2.37. The van der Waals surface area contributed by atoms with E-state index < -0.39 is 0 Å². The Kier molecular flexibility index (Phi) is 8.07. The van der Waals surface area contributed by atoms with Crippen LogP contribution in [0.15, 0.2) is 75.4 Å². The van der Waals surface area contributed by atoms with E-state index in [-0.39, 0.29) is 29.5 Å². The average Bonchev–Trinajstić information content (AvgIpc) is 3.53. The molecular weight excluding hydrogens is 665 g/mol. The SMILES string of the molecule is CCn1c(=Cc2sc3c4ccccc4ccc3[n+]2CC)sc(=CC=C2Sc3ccc(Cl)cc3N2C)c1=O.[I-]. The fourth-order valence-corrected chi connectivity index (χ4v) is 8.38. The fraction of sp³-hybridized carbons (Fsp3) is 0.172. The molecule has 0 radical (unpaired) electrons. The zero-order valence-corrected chi connectivity index (χ0v) is 26.4. The highest BCUT2D eigenvalue weighted by molar-refractivity contribution is 8.03. The highest BCUT2D eigenvalue weighted by atomic mass is 127. The van der Waals surface area contributed by atoms with Crippen molar-refractivity contribution in [3.8, 4) is 0 Å². The van der Waals surface area contributed by atoms with Gasteiger partial charge in [-0.3, -0.25) is 9.36 Å². The summed E-state index contributed by atoms with van der Waals surface area (Å²) in [5.74, 6) is 0. The molecular formula is C29H25ClIN3OS3. The van der Waals surface area contributed by atoms with Crippen LogP contribution in [0.25, 0.3) is 33.1 Å². The molecule has 5 aromatic rings. The first-order valence-electron chi connectivity index (χ1n) is 12.2. The van der Waals surface area contributed by atoms with Gasteiger partial charge < -0.3 is 28.9 Å². The van der Waals surface area contributed by atoms with Crippen LogP contribution in [0.3, 0.4) is 0 Å². The Morgan fingerprint density at radius 2 is 1.84 bits per heavy atom. The Morgan fingerprint density at radius 3 is 2.63 bits per heavy atom. The largest absolute Gasteiger partial charge is 1.00 e. The maximum absolute atomic E-state index is 13.3. The number of anilines is 1. The van der Waals surface area contributed by atoms with Gasteiger partial charge in [0.05, 0.1) is 21.3 Å². The highest BCUT2D eigenvalue weighted by Crippen LogP contribution is 2.45. The van der Waals surface area contributed by atoms with E-state index in [4.69, 9.17) is 11.6 Å². The van der Waals surface area contributed by atoms with Gasteiger partial charge in [-0.05, 0) is 55.7 Å². The molecule has 0 unspecified atom stereocenters. The topological polar surface area (TPSA) is 29.1 Å². The Balaban J connectivity index is 0.00000294. The van der Waals surface area contributed by atoms with E-state index in [0.29, 0.717) is 6.54 Å². The predicted octanol–water partition coefficient (Wildman–Crippen LogP) is 2.96. The predicted molar refractivity (Wildman–Crippen MR) is 161 cm³/mol. The molecule has 0 amide bonds. The fourth-order valence-electron chi connectivity index (χ4n) is 4.76. The molecule has 0 atom stereocenters. The zero-order valence-electron chi connectivity index (χ0n) is 21.1. The van der Waals surface area contributed by atoms with Crippen molar-refractivity contribution in [2.45, 2.75) is 31.8 Å². The molecule has 0 N–H and O–H groups in total. The lowest BCUT2D eigenvalue weighted by Gasteiger charge is -2.12. The summed E-state index contributed by atoms with van der Waals surface area (Å²) in [6, 6.07) is 18.9. The lowest BCUT2D eigenvalue weighted by molar-refractivity contribution is -0.665. The van der Waals surface area contributed by atoms with Crippen LogP contribution < -0.4 is 48.2 Å². The number of aromatic nitrogens is 2. The van der Waals surface area contributed by atoms with Crippen molar-refractivity contribution >= 4 is 84.9 Å². The number of hydrogen-bond acceptors (Lipinski definition) is 5. The summed E-state index contributed by atoms with van der Waals surface area (Å²) < 4.78 is 7.20. The number of benzene rings is 3. The number of hydrogen-bond donors (Lipinski definition) is 0. The van der Waals surface area contributed by atoms with Crippen LogP contribution in [0.4, 0.5) is 5.69 Å².